The molecule has 2 aromatic heterocycles. The second-order valence-corrected chi connectivity index (χ2v) is 10.0. The lowest BCUT2D eigenvalue weighted by molar-refractivity contribution is 0.0944. The second-order valence-electron chi connectivity index (χ2n) is 10.0. The molecule has 0 aromatic carbocycles. The molecule has 0 radical (unpaired) electrons. The first kappa shape index (κ1) is 22.5. The molecule has 9 nitrogen and oxygen atoms in total. The van der Waals surface area contributed by atoms with Gasteiger partial charge in [0.05, 0.1) is 12.1 Å². The van der Waals surface area contributed by atoms with E-state index >= 15 is 0 Å². The topological polar surface area (TPSA) is 116 Å². The van der Waals surface area contributed by atoms with E-state index < -0.39 is 6.10 Å². The molecule has 3 heterocycles. The zero-order valence-corrected chi connectivity index (χ0v) is 19.2. The minimum atomic E-state index is -0.529. The van der Waals surface area contributed by atoms with E-state index in [0.717, 1.165) is 50.2 Å². The number of aliphatic hydroxyl groups excluding tert-OH is 1. The summed E-state index contributed by atoms with van der Waals surface area (Å²) in [5.74, 6) is 0.520. The minimum Gasteiger partial charge on any atom is -0.391 e. The molecule has 9 heteroatoms. The van der Waals surface area contributed by atoms with Crippen LogP contribution in [0.4, 0.5) is 5.82 Å². The maximum atomic E-state index is 12.7. The van der Waals surface area contributed by atoms with Gasteiger partial charge in [0, 0.05) is 36.3 Å². The molecule has 0 bridgehead atoms. The van der Waals surface area contributed by atoms with E-state index in [2.05, 4.69) is 46.3 Å². The Bertz CT molecular complexity index is 1010. The van der Waals surface area contributed by atoms with E-state index in [0.29, 0.717) is 18.7 Å². The largest absolute Gasteiger partial charge is 0.391 e. The van der Waals surface area contributed by atoms with Gasteiger partial charge in [0.1, 0.15) is 11.5 Å². The number of aliphatic hydroxyl groups is 1. The summed E-state index contributed by atoms with van der Waals surface area (Å²) in [4.78, 5) is 27.3. The number of hydrogen-bond donors (Lipinski definition) is 3. The van der Waals surface area contributed by atoms with Crippen molar-refractivity contribution in [1.29, 1.82) is 0 Å². The van der Waals surface area contributed by atoms with Gasteiger partial charge in [-0.1, -0.05) is 20.8 Å². The van der Waals surface area contributed by atoms with E-state index in [1.54, 1.807) is 12.1 Å². The third kappa shape index (κ3) is 4.72. The Hall–Kier alpha value is -2.68. The number of carbonyl (C=O) groups is 1. The molecule has 3 unspecified atom stereocenters. The lowest BCUT2D eigenvalue weighted by Crippen LogP contribution is -2.48. The van der Waals surface area contributed by atoms with Crippen molar-refractivity contribution in [3.63, 3.8) is 0 Å². The molecule has 1 aliphatic heterocycles. The Balaban J connectivity index is 1.47. The Kier molecular flexibility index (Phi) is 6.37. The molecule has 0 spiro atoms. The van der Waals surface area contributed by atoms with Crippen molar-refractivity contribution >= 4 is 11.7 Å². The second kappa shape index (κ2) is 9.05. The predicted octanol–water partition coefficient (Wildman–Crippen LogP) is 2.14. The van der Waals surface area contributed by atoms with Crippen LogP contribution in [0.3, 0.4) is 0 Å². The van der Waals surface area contributed by atoms with Crippen LogP contribution in [0.5, 0.6) is 0 Å². The molecule has 2 aliphatic rings. The highest BCUT2D eigenvalue weighted by Gasteiger charge is 2.30. The molecule has 1 saturated carbocycles. The third-order valence-electron chi connectivity index (χ3n) is 6.61. The quantitative estimate of drug-likeness (QED) is 0.653. The van der Waals surface area contributed by atoms with Gasteiger partial charge in [0.15, 0.2) is 0 Å². The van der Waals surface area contributed by atoms with Crippen LogP contribution in [0.15, 0.2) is 23.0 Å². The summed E-state index contributed by atoms with van der Waals surface area (Å²) in [7, 11) is 0. The molecular weight excluding hydrogens is 408 g/mol. The van der Waals surface area contributed by atoms with E-state index in [-0.39, 0.29) is 29.0 Å². The summed E-state index contributed by atoms with van der Waals surface area (Å²) in [6, 6.07) is 4.92. The van der Waals surface area contributed by atoms with Crippen LogP contribution in [0, 0.1) is 0 Å². The number of anilines is 1. The summed E-state index contributed by atoms with van der Waals surface area (Å²) in [5, 5.41) is 25.0. The molecule has 1 amide bonds. The van der Waals surface area contributed by atoms with Crippen molar-refractivity contribution in [2.24, 2.45) is 0 Å². The molecular formula is C23H34N6O3. The Morgan fingerprint density at radius 2 is 2.03 bits per heavy atom. The summed E-state index contributed by atoms with van der Waals surface area (Å²) in [6.45, 7) is 7.50. The molecule has 174 valence electrons. The van der Waals surface area contributed by atoms with Crippen molar-refractivity contribution in [1.82, 2.24) is 25.3 Å². The number of nitrogens with zero attached hydrogens (tertiary/aromatic N) is 4. The van der Waals surface area contributed by atoms with Crippen molar-refractivity contribution in [2.45, 2.75) is 82.9 Å². The first-order valence-corrected chi connectivity index (χ1v) is 11.6. The monoisotopic (exact) mass is 442 g/mol. The molecule has 1 saturated heterocycles. The maximum absolute atomic E-state index is 12.7. The zero-order valence-electron chi connectivity index (χ0n) is 19.2. The van der Waals surface area contributed by atoms with Gasteiger partial charge in [-0.05, 0) is 50.7 Å². The maximum Gasteiger partial charge on any atom is 0.271 e. The Morgan fingerprint density at radius 3 is 2.72 bits per heavy atom. The highest BCUT2D eigenvalue weighted by atomic mass is 16.3. The van der Waals surface area contributed by atoms with Gasteiger partial charge in [-0.3, -0.25) is 14.7 Å². The summed E-state index contributed by atoms with van der Waals surface area (Å²) < 4.78 is 1.45. The lowest BCUT2D eigenvalue weighted by atomic mass is 9.92. The van der Waals surface area contributed by atoms with Gasteiger partial charge in [-0.15, -0.1) is 0 Å². The molecule has 2 fully saturated rings. The molecule has 2 aromatic rings. The van der Waals surface area contributed by atoms with Crippen LogP contribution in [0.2, 0.25) is 0 Å². The molecule has 3 atom stereocenters. The molecule has 3 N–H and O–H groups in total. The first-order chi connectivity index (χ1) is 15.2. The van der Waals surface area contributed by atoms with Crippen LogP contribution in [-0.4, -0.2) is 56.2 Å². The standard InChI is InChI=1S/C23H34N6O3/c1-23(2,3)19-13-16(25-26-19)22(32)24-14-15-7-4-5-12-28(15)20-10-11-21(31)29(27-20)17-8-6-9-18(17)30/h10-11,13,15,17-18,30H,4-9,12,14H2,1-3H3,(H,24,32)(H,25,26). The number of nitrogens with one attached hydrogen (secondary N) is 2. The fraction of sp³-hybridized carbons (Fsp3) is 0.652. The van der Waals surface area contributed by atoms with Gasteiger partial charge < -0.3 is 15.3 Å². The Morgan fingerprint density at radius 1 is 1.22 bits per heavy atom. The third-order valence-corrected chi connectivity index (χ3v) is 6.61. The minimum absolute atomic E-state index is 0.0840. The Labute approximate surface area is 188 Å². The number of aromatic amines is 1. The lowest BCUT2D eigenvalue weighted by Gasteiger charge is -2.37. The number of piperidine rings is 1. The van der Waals surface area contributed by atoms with Crippen molar-refractivity contribution in [3.05, 3.63) is 39.9 Å². The highest BCUT2D eigenvalue weighted by Crippen LogP contribution is 2.29. The van der Waals surface area contributed by atoms with Gasteiger partial charge in [-0.25, -0.2) is 4.68 Å². The summed E-state index contributed by atoms with van der Waals surface area (Å²) >= 11 is 0. The average molecular weight is 443 g/mol. The number of H-pyrrole nitrogens is 1. The number of amides is 1. The normalized spacial score (nSPS) is 24.0. The van der Waals surface area contributed by atoms with Crippen molar-refractivity contribution in [2.75, 3.05) is 18.0 Å². The van der Waals surface area contributed by atoms with E-state index in [1.165, 1.54) is 10.7 Å². The summed E-state index contributed by atoms with van der Waals surface area (Å²) in [5.41, 5.74) is 1.02. The smallest absolute Gasteiger partial charge is 0.271 e. The van der Waals surface area contributed by atoms with E-state index in [1.807, 2.05) is 0 Å². The molecule has 4 rings (SSSR count). The van der Waals surface area contributed by atoms with Gasteiger partial charge in [0.2, 0.25) is 0 Å². The van der Waals surface area contributed by atoms with Gasteiger partial charge in [-0.2, -0.15) is 10.2 Å². The highest BCUT2D eigenvalue weighted by molar-refractivity contribution is 5.92. The predicted molar refractivity (Wildman–Crippen MR) is 122 cm³/mol. The van der Waals surface area contributed by atoms with Crippen LogP contribution in [0.25, 0.3) is 0 Å². The van der Waals surface area contributed by atoms with Crippen molar-refractivity contribution in [3.8, 4) is 0 Å². The zero-order chi connectivity index (χ0) is 22.9. The van der Waals surface area contributed by atoms with Crippen LogP contribution in [0.1, 0.15) is 81.5 Å². The van der Waals surface area contributed by atoms with Gasteiger partial charge >= 0.3 is 0 Å². The van der Waals surface area contributed by atoms with Crippen molar-refractivity contribution < 1.29 is 9.90 Å². The summed E-state index contributed by atoms with van der Waals surface area (Å²) in [6.07, 6.45) is 4.87. The van der Waals surface area contributed by atoms with E-state index in [9.17, 15) is 14.7 Å². The fourth-order valence-electron chi connectivity index (χ4n) is 4.65. The SMILES string of the molecule is CC(C)(C)c1cc(C(=O)NCC2CCCCN2c2ccc(=O)n(C3CCCC3O)n2)n[nH]1. The number of carbonyl (C=O) groups excluding carboxylic acids is 1. The van der Waals surface area contributed by atoms with E-state index in [4.69, 9.17) is 0 Å². The number of rotatable bonds is 5. The first-order valence-electron chi connectivity index (χ1n) is 11.6. The number of aromatic nitrogens is 4. The van der Waals surface area contributed by atoms with Crippen LogP contribution >= 0.6 is 0 Å². The fourth-order valence-corrected chi connectivity index (χ4v) is 4.65. The molecule has 1 aliphatic carbocycles. The number of hydrogen-bond acceptors (Lipinski definition) is 6. The molecule has 32 heavy (non-hydrogen) atoms. The van der Waals surface area contributed by atoms with Crippen LogP contribution < -0.4 is 15.8 Å². The average Bonchev–Trinajstić information content (AvgIpc) is 3.42. The van der Waals surface area contributed by atoms with Crippen LogP contribution in [-0.2, 0) is 5.41 Å². The van der Waals surface area contributed by atoms with Gasteiger partial charge in [0.25, 0.3) is 11.5 Å².